The van der Waals surface area contributed by atoms with E-state index >= 15 is 0 Å². The molecule has 12 heavy (non-hydrogen) atoms. The third kappa shape index (κ3) is 2.43. The van der Waals surface area contributed by atoms with Crippen LogP contribution in [0, 0.1) is 0 Å². The summed E-state index contributed by atoms with van der Waals surface area (Å²) in [7, 11) is -3.04. The number of sulfonamides is 1. The molecule has 1 rings (SSSR count). The maximum atomic E-state index is 11.1. The summed E-state index contributed by atoms with van der Waals surface area (Å²) in [4.78, 5) is 0. The van der Waals surface area contributed by atoms with Crippen molar-refractivity contribution in [1.82, 2.24) is 4.31 Å². The lowest BCUT2D eigenvalue weighted by atomic mass is 10.3. The molecule has 0 saturated carbocycles. The molecule has 0 unspecified atom stereocenters. The Morgan fingerprint density at radius 1 is 1.25 bits per heavy atom. The van der Waals surface area contributed by atoms with Crippen LogP contribution in [0.4, 0.5) is 0 Å². The molecule has 0 spiro atoms. The Kier molecular flexibility index (Phi) is 2.75. The zero-order valence-electron chi connectivity index (χ0n) is 7.65. The van der Waals surface area contributed by atoms with Crippen LogP contribution in [-0.4, -0.2) is 44.3 Å². The Balaban J connectivity index is 2.68. The van der Waals surface area contributed by atoms with Crippen LogP contribution in [0.25, 0.3) is 0 Å². The van der Waals surface area contributed by atoms with Crippen LogP contribution in [0.1, 0.15) is 13.8 Å². The quantitative estimate of drug-likeness (QED) is 0.591. The van der Waals surface area contributed by atoms with Gasteiger partial charge >= 0.3 is 0 Å². The molecule has 4 nitrogen and oxygen atoms in total. The predicted molar refractivity (Wildman–Crippen MR) is 46.4 cm³/mol. The van der Waals surface area contributed by atoms with E-state index in [2.05, 4.69) is 0 Å². The second-order valence-corrected chi connectivity index (χ2v) is 5.32. The van der Waals surface area contributed by atoms with Gasteiger partial charge in [-0.2, -0.15) is 4.31 Å². The largest absolute Gasteiger partial charge is 0.373 e. The molecule has 72 valence electrons. The molecule has 1 saturated heterocycles. The first kappa shape index (κ1) is 9.95. The van der Waals surface area contributed by atoms with E-state index in [9.17, 15) is 8.42 Å². The molecule has 0 N–H and O–H groups in total. The zero-order chi connectivity index (χ0) is 9.35. The van der Waals surface area contributed by atoms with Gasteiger partial charge in [0.25, 0.3) is 0 Å². The Labute approximate surface area is 73.6 Å². The lowest BCUT2D eigenvalue weighted by Gasteiger charge is -2.33. The SMILES string of the molecule is C[C@H]1CN(S(C)(=O)=O)C[C@H](C)O1. The van der Waals surface area contributed by atoms with E-state index in [0.29, 0.717) is 13.1 Å². The molecule has 0 radical (unpaired) electrons. The first-order valence-electron chi connectivity index (χ1n) is 4.00. The molecule has 2 atom stereocenters. The fourth-order valence-electron chi connectivity index (χ4n) is 1.40. The van der Waals surface area contributed by atoms with Crippen LogP contribution < -0.4 is 0 Å². The minimum atomic E-state index is -3.04. The normalized spacial score (nSPS) is 33.6. The summed E-state index contributed by atoms with van der Waals surface area (Å²) in [6, 6.07) is 0. The van der Waals surface area contributed by atoms with Crippen molar-refractivity contribution in [2.24, 2.45) is 0 Å². The van der Waals surface area contributed by atoms with Gasteiger partial charge in [-0.05, 0) is 13.8 Å². The van der Waals surface area contributed by atoms with E-state index in [-0.39, 0.29) is 12.2 Å². The van der Waals surface area contributed by atoms with Crippen LogP contribution in [0.2, 0.25) is 0 Å². The molecule has 0 aromatic heterocycles. The fourth-order valence-corrected chi connectivity index (χ4v) is 2.36. The molecular weight excluding hydrogens is 178 g/mol. The van der Waals surface area contributed by atoms with Gasteiger partial charge in [0.2, 0.25) is 10.0 Å². The summed E-state index contributed by atoms with van der Waals surface area (Å²) >= 11 is 0. The van der Waals surface area contributed by atoms with Crippen molar-refractivity contribution < 1.29 is 13.2 Å². The van der Waals surface area contributed by atoms with Crippen LogP contribution in [0.3, 0.4) is 0 Å². The van der Waals surface area contributed by atoms with Gasteiger partial charge in [0.1, 0.15) is 0 Å². The predicted octanol–water partition coefficient (Wildman–Crippen LogP) is 0.0552. The molecule has 0 aromatic rings. The molecule has 1 heterocycles. The van der Waals surface area contributed by atoms with E-state index < -0.39 is 10.0 Å². The number of hydrogen-bond donors (Lipinski definition) is 0. The number of nitrogens with zero attached hydrogens (tertiary/aromatic N) is 1. The minimum Gasteiger partial charge on any atom is -0.373 e. The first-order chi connectivity index (χ1) is 5.39. The molecular formula is C7H15NO3S. The highest BCUT2D eigenvalue weighted by Gasteiger charge is 2.27. The van der Waals surface area contributed by atoms with Gasteiger partial charge in [0.15, 0.2) is 0 Å². The number of rotatable bonds is 1. The third-order valence-electron chi connectivity index (χ3n) is 1.86. The van der Waals surface area contributed by atoms with Gasteiger partial charge < -0.3 is 4.74 Å². The summed E-state index contributed by atoms with van der Waals surface area (Å²) in [5.74, 6) is 0. The van der Waals surface area contributed by atoms with Crippen molar-refractivity contribution in [2.75, 3.05) is 19.3 Å². The molecule has 0 aromatic carbocycles. The van der Waals surface area contributed by atoms with E-state index in [1.54, 1.807) is 0 Å². The van der Waals surface area contributed by atoms with E-state index in [1.165, 1.54) is 10.6 Å². The average Bonchev–Trinajstić information content (AvgIpc) is 1.82. The molecule has 0 aliphatic carbocycles. The van der Waals surface area contributed by atoms with Crippen molar-refractivity contribution in [3.05, 3.63) is 0 Å². The van der Waals surface area contributed by atoms with Gasteiger partial charge in [0, 0.05) is 13.1 Å². The smallest absolute Gasteiger partial charge is 0.211 e. The van der Waals surface area contributed by atoms with Crippen LogP contribution in [0.5, 0.6) is 0 Å². The highest BCUT2D eigenvalue weighted by molar-refractivity contribution is 7.88. The Morgan fingerprint density at radius 3 is 2.00 bits per heavy atom. The van der Waals surface area contributed by atoms with Gasteiger partial charge in [-0.3, -0.25) is 0 Å². The molecule has 1 aliphatic heterocycles. The molecule has 0 bridgehead atoms. The summed E-state index contributed by atoms with van der Waals surface area (Å²) in [6.07, 6.45) is 1.24. The Morgan fingerprint density at radius 2 is 1.67 bits per heavy atom. The zero-order valence-corrected chi connectivity index (χ0v) is 8.47. The van der Waals surface area contributed by atoms with Gasteiger partial charge in [-0.15, -0.1) is 0 Å². The third-order valence-corrected chi connectivity index (χ3v) is 3.09. The molecule has 5 heteroatoms. The lowest BCUT2D eigenvalue weighted by molar-refractivity contribution is -0.0439. The van der Waals surface area contributed by atoms with Crippen LogP contribution in [-0.2, 0) is 14.8 Å². The van der Waals surface area contributed by atoms with Crippen molar-refractivity contribution in [2.45, 2.75) is 26.1 Å². The van der Waals surface area contributed by atoms with Gasteiger partial charge in [-0.25, -0.2) is 8.42 Å². The average molecular weight is 193 g/mol. The van der Waals surface area contributed by atoms with Gasteiger partial charge in [-0.1, -0.05) is 0 Å². The highest BCUT2D eigenvalue weighted by Crippen LogP contribution is 2.12. The van der Waals surface area contributed by atoms with Crippen molar-refractivity contribution in [1.29, 1.82) is 0 Å². The second kappa shape index (κ2) is 3.32. The number of ether oxygens (including phenoxy) is 1. The summed E-state index contributed by atoms with van der Waals surface area (Å²) in [5.41, 5.74) is 0. The monoisotopic (exact) mass is 193 g/mol. The molecule has 1 fully saturated rings. The lowest BCUT2D eigenvalue weighted by Crippen LogP contribution is -2.47. The second-order valence-electron chi connectivity index (χ2n) is 3.34. The standard InChI is InChI=1S/C7H15NO3S/c1-6-4-8(12(3,9)10)5-7(2)11-6/h6-7H,4-5H2,1-3H3/t6-,7-/m0/s1. The van der Waals surface area contributed by atoms with E-state index in [4.69, 9.17) is 4.74 Å². The van der Waals surface area contributed by atoms with Crippen LogP contribution >= 0.6 is 0 Å². The number of hydrogen-bond acceptors (Lipinski definition) is 3. The van der Waals surface area contributed by atoms with E-state index in [0.717, 1.165) is 0 Å². The molecule has 0 amide bonds. The van der Waals surface area contributed by atoms with Crippen molar-refractivity contribution in [3.8, 4) is 0 Å². The Hall–Kier alpha value is -0.130. The Bertz CT molecular complexity index is 239. The minimum absolute atomic E-state index is 0.00322. The first-order valence-corrected chi connectivity index (χ1v) is 5.85. The van der Waals surface area contributed by atoms with Crippen molar-refractivity contribution >= 4 is 10.0 Å². The van der Waals surface area contributed by atoms with Crippen LogP contribution in [0.15, 0.2) is 0 Å². The maximum absolute atomic E-state index is 11.1. The van der Waals surface area contributed by atoms with Gasteiger partial charge in [0.05, 0.1) is 18.5 Å². The molecule has 1 aliphatic rings. The number of morpholine rings is 1. The summed E-state index contributed by atoms with van der Waals surface area (Å²) in [6.45, 7) is 4.72. The van der Waals surface area contributed by atoms with E-state index in [1.807, 2.05) is 13.8 Å². The maximum Gasteiger partial charge on any atom is 0.211 e. The summed E-state index contributed by atoms with van der Waals surface area (Å²) < 4.78 is 29.2. The topological polar surface area (TPSA) is 46.6 Å². The highest BCUT2D eigenvalue weighted by atomic mass is 32.2. The van der Waals surface area contributed by atoms with Crippen molar-refractivity contribution in [3.63, 3.8) is 0 Å². The fraction of sp³-hybridized carbons (Fsp3) is 1.00. The summed E-state index contributed by atoms with van der Waals surface area (Å²) in [5, 5.41) is 0.